The van der Waals surface area contributed by atoms with Crippen LogP contribution in [0.25, 0.3) is 73.4 Å². The van der Waals surface area contributed by atoms with Gasteiger partial charge >= 0.3 is 0 Å². The standard InChI is InChI=1S/C44H34N2/c1-4-32-9-15-35(16-10-32)37-19-25-40(26-20-37)43-29-42(39-23-17-36(18-24-39)33-11-5-30(2)6-12-33)45-44(46-43)41-27-21-38(22-28-41)34-13-7-31(3)8-14-34/h4-29H,1H2,2-3H3. The van der Waals surface area contributed by atoms with Gasteiger partial charge in [0.05, 0.1) is 11.4 Å². The molecule has 0 saturated heterocycles. The van der Waals surface area contributed by atoms with E-state index in [1.807, 2.05) is 6.08 Å². The molecule has 0 spiro atoms. The van der Waals surface area contributed by atoms with Crippen LogP contribution in [0.5, 0.6) is 0 Å². The summed E-state index contributed by atoms with van der Waals surface area (Å²) in [6, 6.07) is 53.6. The van der Waals surface area contributed by atoms with Crippen LogP contribution in [0.3, 0.4) is 0 Å². The quantitative estimate of drug-likeness (QED) is 0.185. The average Bonchev–Trinajstić information content (AvgIpc) is 3.12. The second kappa shape index (κ2) is 12.6. The van der Waals surface area contributed by atoms with E-state index < -0.39 is 0 Å². The second-order valence-corrected chi connectivity index (χ2v) is 11.8. The van der Waals surface area contributed by atoms with Crippen molar-refractivity contribution in [3.8, 4) is 67.3 Å². The first kappa shape index (κ1) is 28.9. The Balaban J connectivity index is 1.26. The van der Waals surface area contributed by atoms with Crippen LogP contribution in [0, 0.1) is 13.8 Å². The summed E-state index contributed by atoms with van der Waals surface area (Å²) in [5, 5.41) is 0. The third-order valence-corrected chi connectivity index (χ3v) is 8.48. The van der Waals surface area contributed by atoms with Crippen LogP contribution in [-0.2, 0) is 0 Å². The van der Waals surface area contributed by atoms with E-state index in [0.717, 1.165) is 39.2 Å². The van der Waals surface area contributed by atoms with Crippen LogP contribution in [0.15, 0.2) is 158 Å². The number of aromatic nitrogens is 2. The Morgan fingerprint density at radius 1 is 0.370 bits per heavy atom. The third-order valence-electron chi connectivity index (χ3n) is 8.48. The Labute approximate surface area is 271 Å². The van der Waals surface area contributed by atoms with Gasteiger partial charge in [-0.2, -0.15) is 0 Å². The molecule has 2 heteroatoms. The normalized spacial score (nSPS) is 10.9. The molecule has 7 aromatic rings. The molecule has 0 aliphatic carbocycles. The molecule has 7 rings (SSSR count). The molecule has 0 N–H and O–H groups in total. The maximum absolute atomic E-state index is 5.09. The number of aryl methyl sites for hydroxylation is 2. The van der Waals surface area contributed by atoms with Gasteiger partial charge in [-0.05, 0) is 58.9 Å². The third kappa shape index (κ3) is 6.20. The van der Waals surface area contributed by atoms with Gasteiger partial charge in [-0.1, -0.05) is 169 Å². The van der Waals surface area contributed by atoms with Gasteiger partial charge in [-0.3, -0.25) is 0 Å². The van der Waals surface area contributed by atoms with E-state index in [4.69, 9.17) is 9.97 Å². The lowest BCUT2D eigenvalue weighted by molar-refractivity contribution is 1.18. The molecule has 0 radical (unpaired) electrons. The molecule has 1 heterocycles. The summed E-state index contributed by atoms with van der Waals surface area (Å²) in [5.41, 5.74) is 15.6. The highest BCUT2D eigenvalue weighted by Crippen LogP contribution is 2.32. The molecule has 0 aliphatic heterocycles. The molecular formula is C44H34N2. The van der Waals surface area contributed by atoms with Gasteiger partial charge in [-0.15, -0.1) is 0 Å². The van der Waals surface area contributed by atoms with Crippen molar-refractivity contribution in [3.05, 3.63) is 175 Å². The fourth-order valence-corrected chi connectivity index (χ4v) is 5.65. The van der Waals surface area contributed by atoms with Crippen molar-refractivity contribution in [2.75, 3.05) is 0 Å². The topological polar surface area (TPSA) is 25.8 Å². The molecule has 0 saturated carbocycles. The van der Waals surface area contributed by atoms with Crippen molar-refractivity contribution in [1.82, 2.24) is 9.97 Å². The molecule has 6 aromatic carbocycles. The van der Waals surface area contributed by atoms with Crippen molar-refractivity contribution in [2.45, 2.75) is 13.8 Å². The van der Waals surface area contributed by atoms with Crippen LogP contribution in [-0.4, -0.2) is 9.97 Å². The zero-order valence-corrected chi connectivity index (χ0v) is 26.1. The Morgan fingerprint density at radius 3 is 1.00 bits per heavy atom. The monoisotopic (exact) mass is 590 g/mol. The minimum Gasteiger partial charge on any atom is -0.228 e. The van der Waals surface area contributed by atoms with Crippen LogP contribution in [0.2, 0.25) is 0 Å². The summed E-state index contributed by atoms with van der Waals surface area (Å²) in [4.78, 5) is 10.2. The number of benzene rings is 6. The first-order valence-electron chi connectivity index (χ1n) is 15.6. The average molecular weight is 591 g/mol. The molecule has 220 valence electrons. The zero-order chi connectivity index (χ0) is 31.5. The Morgan fingerprint density at radius 2 is 0.652 bits per heavy atom. The number of hydrogen-bond donors (Lipinski definition) is 0. The number of nitrogens with zero attached hydrogens (tertiary/aromatic N) is 2. The number of hydrogen-bond acceptors (Lipinski definition) is 2. The smallest absolute Gasteiger partial charge is 0.160 e. The van der Waals surface area contributed by atoms with Gasteiger partial charge in [0, 0.05) is 16.7 Å². The van der Waals surface area contributed by atoms with E-state index in [9.17, 15) is 0 Å². The minimum atomic E-state index is 0.703. The molecule has 0 atom stereocenters. The molecule has 1 aromatic heterocycles. The fraction of sp³-hybridized carbons (Fsp3) is 0.0455. The van der Waals surface area contributed by atoms with E-state index in [-0.39, 0.29) is 0 Å². The maximum Gasteiger partial charge on any atom is 0.160 e. The van der Waals surface area contributed by atoms with Crippen molar-refractivity contribution < 1.29 is 0 Å². The van der Waals surface area contributed by atoms with E-state index in [1.54, 1.807) is 0 Å². The van der Waals surface area contributed by atoms with Gasteiger partial charge in [-0.25, -0.2) is 9.97 Å². The van der Waals surface area contributed by atoms with E-state index in [0.29, 0.717) is 5.82 Å². The summed E-state index contributed by atoms with van der Waals surface area (Å²) in [6.45, 7) is 8.09. The van der Waals surface area contributed by atoms with Crippen molar-refractivity contribution in [1.29, 1.82) is 0 Å². The molecule has 0 amide bonds. The molecule has 0 bridgehead atoms. The van der Waals surface area contributed by atoms with Gasteiger partial charge < -0.3 is 0 Å². The highest BCUT2D eigenvalue weighted by molar-refractivity contribution is 5.76. The first-order valence-corrected chi connectivity index (χ1v) is 15.6. The van der Waals surface area contributed by atoms with Crippen molar-refractivity contribution >= 4 is 6.08 Å². The molecule has 0 unspecified atom stereocenters. The molecule has 46 heavy (non-hydrogen) atoms. The first-order chi connectivity index (χ1) is 22.5. The van der Waals surface area contributed by atoms with E-state index >= 15 is 0 Å². The highest BCUT2D eigenvalue weighted by atomic mass is 14.9. The van der Waals surface area contributed by atoms with Crippen molar-refractivity contribution in [3.63, 3.8) is 0 Å². The van der Waals surface area contributed by atoms with Crippen LogP contribution < -0.4 is 0 Å². The molecule has 2 nitrogen and oxygen atoms in total. The largest absolute Gasteiger partial charge is 0.228 e. The number of rotatable bonds is 7. The SMILES string of the molecule is C=Cc1ccc(-c2ccc(-c3cc(-c4ccc(-c5ccc(C)cc5)cc4)nc(-c4ccc(-c5ccc(C)cc5)cc4)n3)cc2)cc1. The lowest BCUT2D eigenvalue weighted by Gasteiger charge is -2.11. The van der Waals surface area contributed by atoms with Crippen molar-refractivity contribution in [2.24, 2.45) is 0 Å². The predicted octanol–water partition coefficient (Wildman–Crippen LogP) is 11.7. The maximum atomic E-state index is 5.09. The van der Waals surface area contributed by atoms with Gasteiger partial charge in [0.2, 0.25) is 0 Å². The molecule has 0 aliphatic rings. The lowest BCUT2D eigenvalue weighted by atomic mass is 9.99. The summed E-state index contributed by atoms with van der Waals surface area (Å²) in [6.07, 6.45) is 1.86. The van der Waals surface area contributed by atoms with E-state index in [1.165, 1.54) is 38.9 Å². The summed E-state index contributed by atoms with van der Waals surface area (Å²) in [7, 11) is 0. The lowest BCUT2D eigenvalue weighted by Crippen LogP contribution is -1.96. The summed E-state index contributed by atoms with van der Waals surface area (Å²) >= 11 is 0. The molecular weight excluding hydrogens is 556 g/mol. The fourth-order valence-electron chi connectivity index (χ4n) is 5.65. The second-order valence-electron chi connectivity index (χ2n) is 11.8. The van der Waals surface area contributed by atoms with Gasteiger partial charge in [0.15, 0.2) is 5.82 Å². The minimum absolute atomic E-state index is 0.703. The Kier molecular flexibility index (Phi) is 7.93. The summed E-state index contributed by atoms with van der Waals surface area (Å²) < 4.78 is 0. The summed E-state index contributed by atoms with van der Waals surface area (Å²) in [5.74, 6) is 0.703. The highest BCUT2D eigenvalue weighted by Gasteiger charge is 2.12. The van der Waals surface area contributed by atoms with Crippen LogP contribution in [0.1, 0.15) is 16.7 Å². The van der Waals surface area contributed by atoms with Crippen LogP contribution in [0.4, 0.5) is 0 Å². The van der Waals surface area contributed by atoms with Gasteiger partial charge in [0.25, 0.3) is 0 Å². The van der Waals surface area contributed by atoms with Crippen LogP contribution >= 0.6 is 0 Å². The zero-order valence-electron chi connectivity index (χ0n) is 26.1. The Hall–Kier alpha value is -5.86. The Bertz CT molecular complexity index is 2000. The van der Waals surface area contributed by atoms with E-state index in [2.05, 4.69) is 172 Å². The van der Waals surface area contributed by atoms with Gasteiger partial charge in [0.1, 0.15) is 0 Å². The molecule has 0 fully saturated rings. The predicted molar refractivity (Wildman–Crippen MR) is 194 cm³/mol.